The van der Waals surface area contributed by atoms with E-state index in [0.29, 0.717) is 0 Å². The number of likely N-dealkylation sites (tertiary alicyclic amines) is 1. The first kappa shape index (κ1) is 14.5. The number of nitrogens with zero attached hydrogens (tertiary/aromatic N) is 1. The van der Waals surface area contributed by atoms with Crippen molar-refractivity contribution >= 4 is 5.91 Å². The average Bonchev–Trinajstić information content (AvgIpc) is 2.90. The van der Waals surface area contributed by atoms with Crippen molar-refractivity contribution in [2.75, 3.05) is 13.1 Å². The molecule has 2 aromatic carbocycles. The van der Waals surface area contributed by atoms with E-state index in [1.165, 1.54) is 11.1 Å². The maximum atomic E-state index is 12.6. The van der Waals surface area contributed by atoms with Crippen LogP contribution in [-0.2, 0) is 13.0 Å². The Hall–Kier alpha value is -2.13. The van der Waals surface area contributed by atoms with Gasteiger partial charge in [0.15, 0.2) is 0 Å². The van der Waals surface area contributed by atoms with Crippen LogP contribution in [0.5, 0.6) is 0 Å². The van der Waals surface area contributed by atoms with Crippen LogP contribution in [0.25, 0.3) is 0 Å². The standard InChI is InChI=1S/C20H22N2O/c23-19-18-9-5-4-8-17(18)10-11-20(21-19)12-13-22(15-20)14-16-6-2-1-3-7-16/h1-9H,10-15H2,(H,21,23)/t20-/m0/s1. The number of carbonyl (C=O) groups is 1. The lowest BCUT2D eigenvalue weighted by Crippen LogP contribution is -2.49. The molecule has 1 atom stereocenters. The van der Waals surface area contributed by atoms with Crippen LogP contribution >= 0.6 is 0 Å². The van der Waals surface area contributed by atoms with Gasteiger partial charge in [0.25, 0.3) is 5.91 Å². The van der Waals surface area contributed by atoms with Gasteiger partial charge in [-0.15, -0.1) is 0 Å². The molecule has 0 aromatic heterocycles. The smallest absolute Gasteiger partial charge is 0.252 e. The largest absolute Gasteiger partial charge is 0.345 e. The predicted octanol–water partition coefficient (Wildman–Crippen LogP) is 3.01. The van der Waals surface area contributed by atoms with Crippen LogP contribution in [0.3, 0.4) is 0 Å². The molecule has 23 heavy (non-hydrogen) atoms. The Balaban J connectivity index is 1.49. The number of rotatable bonds is 2. The van der Waals surface area contributed by atoms with Gasteiger partial charge in [-0.25, -0.2) is 0 Å². The summed E-state index contributed by atoms with van der Waals surface area (Å²) in [4.78, 5) is 15.1. The number of amides is 1. The number of hydrogen-bond acceptors (Lipinski definition) is 2. The summed E-state index contributed by atoms with van der Waals surface area (Å²) in [7, 11) is 0. The van der Waals surface area contributed by atoms with Gasteiger partial charge in [0, 0.05) is 25.2 Å². The Morgan fingerprint density at radius 2 is 1.78 bits per heavy atom. The maximum absolute atomic E-state index is 12.6. The summed E-state index contributed by atoms with van der Waals surface area (Å²) >= 11 is 0. The third kappa shape index (κ3) is 2.89. The molecule has 0 aliphatic carbocycles. The Morgan fingerprint density at radius 3 is 2.65 bits per heavy atom. The van der Waals surface area contributed by atoms with Crippen molar-refractivity contribution in [2.24, 2.45) is 0 Å². The van der Waals surface area contributed by atoms with E-state index in [2.05, 4.69) is 46.6 Å². The SMILES string of the molecule is O=C1N[C@@]2(CCc3ccccc31)CCN(Cc1ccccc1)C2. The number of aryl methyl sites for hydroxylation is 1. The molecule has 2 aromatic rings. The maximum Gasteiger partial charge on any atom is 0.252 e. The van der Waals surface area contributed by atoms with Crippen molar-refractivity contribution in [3.63, 3.8) is 0 Å². The molecule has 0 saturated carbocycles. The van der Waals surface area contributed by atoms with E-state index in [1.807, 2.05) is 18.2 Å². The number of carbonyl (C=O) groups excluding carboxylic acids is 1. The fourth-order valence-corrected chi connectivity index (χ4v) is 3.95. The second-order valence-corrected chi connectivity index (χ2v) is 6.84. The van der Waals surface area contributed by atoms with Crippen LogP contribution in [0, 0.1) is 0 Å². The van der Waals surface area contributed by atoms with E-state index in [1.54, 1.807) is 0 Å². The predicted molar refractivity (Wildman–Crippen MR) is 91.3 cm³/mol. The van der Waals surface area contributed by atoms with Crippen molar-refractivity contribution in [3.05, 3.63) is 71.3 Å². The highest BCUT2D eigenvalue weighted by Gasteiger charge is 2.40. The molecule has 1 spiro atoms. The molecule has 1 fully saturated rings. The van der Waals surface area contributed by atoms with Crippen LogP contribution in [-0.4, -0.2) is 29.4 Å². The second kappa shape index (κ2) is 5.82. The highest BCUT2D eigenvalue weighted by atomic mass is 16.1. The van der Waals surface area contributed by atoms with Gasteiger partial charge in [0.1, 0.15) is 0 Å². The fourth-order valence-electron chi connectivity index (χ4n) is 3.95. The summed E-state index contributed by atoms with van der Waals surface area (Å²) in [5, 5.41) is 3.35. The van der Waals surface area contributed by atoms with Crippen LogP contribution in [0.15, 0.2) is 54.6 Å². The first-order valence-electron chi connectivity index (χ1n) is 8.41. The van der Waals surface area contributed by atoms with Crippen LogP contribution in [0.1, 0.15) is 34.3 Å². The molecule has 2 heterocycles. The summed E-state index contributed by atoms with van der Waals surface area (Å²) in [5.74, 6) is 0.0969. The zero-order valence-corrected chi connectivity index (χ0v) is 13.3. The molecular formula is C20H22N2O. The topological polar surface area (TPSA) is 32.3 Å². The van der Waals surface area contributed by atoms with E-state index in [0.717, 1.165) is 44.5 Å². The van der Waals surface area contributed by atoms with E-state index in [-0.39, 0.29) is 11.4 Å². The Bertz CT molecular complexity index is 713. The summed E-state index contributed by atoms with van der Waals surface area (Å²) in [6, 6.07) is 18.6. The van der Waals surface area contributed by atoms with E-state index < -0.39 is 0 Å². The van der Waals surface area contributed by atoms with Crippen molar-refractivity contribution in [1.82, 2.24) is 10.2 Å². The highest BCUT2D eigenvalue weighted by Crippen LogP contribution is 2.31. The van der Waals surface area contributed by atoms with Gasteiger partial charge in [-0.05, 0) is 36.5 Å². The van der Waals surface area contributed by atoms with Crippen molar-refractivity contribution in [3.8, 4) is 0 Å². The Morgan fingerprint density at radius 1 is 1.00 bits per heavy atom. The van der Waals surface area contributed by atoms with Crippen LogP contribution in [0.4, 0.5) is 0 Å². The number of benzene rings is 2. The van der Waals surface area contributed by atoms with Crippen LogP contribution in [0.2, 0.25) is 0 Å². The summed E-state index contributed by atoms with van der Waals surface area (Å²) in [6.07, 6.45) is 3.05. The van der Waals surface area contributed by atoms with Gasteiger partial charge < -0.3 is 5.32 Å². The average molecular weight is 306 g/mol. The summed E-state index contributed by atoms with van der Waals surface area (Å²) in [6.45, 7) is 2.96. The number of fused-ring (bicyclic) bond motifs is 1. The Labute approximate surface area is 137 Å². The minimum absolute atomic E-state index is 0.0646. The molecule has 0 radical (unpaired) electrons. The molecule has 4 rings (SSSR count). The summed E-state index contributed by atoms with van der Waals surface area (Å²) < 4.78 is 0. The van der Waals surface area contributed by atoms with Crippen LogP contribution < -0.4 is 5.32 Å². The summed E-state index contributed by atoms with van der Waals surface area (Å²) in [5.41, 5.74) is 3.31. The van der Waals surface area contributed by atoms with Gasteiger partial charge in [0.05, 0.1) is 5.54 Å². The third-order valence-corrected chi connectivity index (χ3v) is 5.20. The zero-order valence-electron chi connectivity index (χ0n) is 13.3. The Kier molecular flexibility index (Phi) is 3.66. The first-order valence-corrected chi connectivity index (χ1v) is 8.41. The zero-order chi connectivity index (χ0) is 15.7. The number of nitrogens with one attached hydrogen (secondary N) is 1. The lowest BCUT2D eigenvalue weighted by Gasteiger charge is -2.29. The molecule has 2 aliphatic heterocycles. The molecule has 1 N–H and O–H groups in total. The van der Waals surface area contributed by atoms with Gasteiger partial charge in [-0.3, -0.25) is 9.69 Å². The molecule has 118 valence electrons. The molecular weight excluding hydrogens is 284 g/mol. The third-order valence-electron chi connectivity index (χ3n) is 5.20. The second-order valence-electron chi connectivity index (χ2n) is 6.84. The minimum Gasteiger partial charge on any atom is -0.345 e. The molecule has 3 nitrogen and oxygen atoms in total. The van der Waals surface area contributed by atoms with E-state index >= 15 is 0 Å². The monoisotopic (exact) mass is 306 g/mol. The fraction of sp³-hybridized carbons (Fsp3) is 0.350. The van der Waals surface area contributed by atoms with Gasteiger partial charge in [-0.2, -0.15) is 0 Å². The quantitative estimate of drug-likeness (QED) is 0.925. The lowest BCUT2D eigenvalue weighted by molar-refractivity contribution is 0.0902. The molecule has 0 bridgehead atoms. The van der Waals surface area contributed by atoms with Gasteiger partial charge >= 0.3 is 0 Å². The molecule has 3 heteroatoms. The van der Waals surface area contributed by atoms with Crippen molar-refractivity contribution < 1.29 is 4.79 Å². The number of hydrogen-bond donors (Lipinski definition) is 1. The van der Waals surface area contributed by atoms with Crippen molar-refractivity contribution in [2.45, 2.75) is 31.3 Å². The van der Waals surface area contributed by atoms with Gasteiger partial charge in [0.2, 0.25) is 0 Å². The molecule has 2 aliphatic rings. The first-order chi connectivity index (χ1) is 11.2. The molecule has 1 saturated heterocycles. The van der Waals surface area contributed by atoms with E-state index in [4.69, 9.17) is 0 Å². The lowest BCUT2D eigenvalue weighted by atomic mass is 9.91. The van der Waals surface area contributed by atoms with Gasteiger partial charge in [-0.1, -0.05) is 48.5 Å². The van der Waals surface area contributed by atoms with E-state index in [9.17, 15) is 4.79 Å². The molecule has 1 amide bonds. The normalized spacial score (nSPS) is 24.3. The highest BCUT2D eigenvalue weighted by molar-refractivity contribution is 5.96. The minimum atomic E-state index is -0.0646. The molecule has 0 unspecified atom stereocenters. The van der Waals surface area contributed by atoms with Crippen molar-refractivity contribution in [1.29, 1.82) is 0 Å².